The number of fused-ring (bicyclic) bond motifs is 2. The van der Waals surface area contributed by atoms with Gasteiger partial charge in [0.25, 0.3) is 11.5 Å². The van der Waals surface area contributed by atoms with Crippen LogP contribution in [0.5, 0.6) is 11.5 Å². The summed E-state index contributed by atoms with van der Waals surface area (Å²) in [4.78, 5) is 38.5. The molecule has 1 aliphatic rings. The first-order valence-corrected chi connectivity index (χ1v) is 9.84. The smallest absolute Gasteiger partial charge is 0.328 e. The van der Waals surface area contributed by atoms with Gasteiger partial charge in [0.1, 0.15) is 6.04 Å². The Hall–Kier alpha value is -3.81. The highest BCUT2D eigenvalue weighted by atomic mass is 16.7. The van der Waals surface area contributed by atoms with E-state index in [1.54, 1.807) is 42.5 Å². The molecule has 1 N–H and O–H groups in total. The number of methoxy groups -OCH3 is 1. The van der Waals surface area contributed by atoms with Crippen LogP contribution in [0.4, 0.5) is 0 Å². The second kappa shape index (κ2) is 8.14. The van der Waals surface area contributed by atoms with Crippen LogP contribution in [0.25, 0.3) is 16.5 Å². The summed E-state index contributed by atoms with van der Waals surface area (Å²) in [5.41, 5.74) is 0.518. The van der Waals surface area contributed by atoms with Gasteiger partial charge in [0.05, 0.1) is 18.4 Å². The molecule has 2 heterocycles. The van der Waals surface area contributed by atoms with E-state index >= 15 is 0 Å². The molecule has 1 aliphatic heterocycles. The van der Waals surface area contributed by atoms with E-state index in [4.69, 9.17) is 14.2 Å². The van der Waals surface area contributed by atoms with E-state index in [0.717, 1.165) is 0 Å². The van der Waals surface area contributed by atoms with Crippen molar-refractivity contribution in [2.45, 2.75) is 19.9 Å². The fourth-order valence-corrected chi connectivity index (χ4v) is 3.54. The van der Waals surface area contributed by atoms with Crippen molar-refractivity contribution in [1.82, 2.24) is 9.88 Å². The number of nitrogens with one attached hydrogen (secondary N) is 1. The molecule has 1 atom stereocenters. The number of rotatable bonds is 5. The summed E-state index contributed by atoms with van der Waals surface area (Å²) >= 11 is 0. The van der Waals surface area contributed by atoms with E-state index in [1.807, 2.05) is 13.8 Å². The summed E-state index contributed by atoms with van der Waals surface area (Å²) < 4.78 is 17.0. The molecule has 31 heavy (non-hydrogen) atoms. The number of esters is 1. The molecule has 0 saturated carbocycles. The minimum atomic E-state index is -0.817. The maximum atomic E-state index is 13.2. The Morgan fingerprint density at radius 3 is 2.48 bits per heavy atom. The molecule has 8 heteroatoms. The molecule has 0 fully saturated rings. The summed E-state index contributed by atoms with van der Waals surface area (Å²) in [6, 6.07) is 11.2. The molecule has 0 radical (unpaired) electrons. The highest BCUT2D eigenvalue weighted by Crippen LogP contribution is 2.33. The van der Waals surface area contributed by atoms with Crippen molar-refractivity contribution in [2.24, 2.45) is 5.92 Å². The maximum absolute atomic E-state index is 13.2. The summed E-state index contributed by atoms with van der Waals surface area (Å²) in [5, 5.41) is 3.62. The van der Waals surface area contributed by atoms with Gasteiger partial charge < -0.3 is 19.5 Å². The molecule has 1 unspecified atom stereocenters. The van der Waals surface area contributed by atoms with Crippen LogP contribution in [0.15, 0.2) is 53.5 Å². The Morgan fingerprint density at radius 1 is 1.06 bits per heavy atom. The van der Waals surface area contributed by atoms with E-state index in [2.05, 4.69) is 5.32 Å². The van der Waals surface area contributed by atoms with E-state index in [1.165, 1.54) is 17.9 Å². The molecule has 1 aromatic heterocycles. The van der Waals surface area contributed by atoms with Crippen LogP contribution in [0.2, 0.25) is 0 Å². The van der Waals surface area contributed by atoms with E-state index in [-0.39, 0.29) is 23.8 Å². The van der Waals surface area contributed by atoms with Gasteiger partial charge in [-0.2, -0.15) is 0 Å². The lowest BCUT2D eigenvalue weighted by Crippen LogP contribution is -2.45. The minimum Gasteiger partial charge on any atom is -0.467 e. The molecule has 1 amide bonds. The number of pyridine rings is 1. The number of carbonyl (C=O) groups excluding carboxylic acids is 2. The number of aromatic nitrogens is 1. The quantitative estimate of drug-likeness (QED) is 0.635. The molecule has 4 rings (SSSR count). The predicted molar refractivity (Wildman–Crippen MR) is 114 cm³/mol. The third-order valence-electron chi connectivity index (χ3n) is 5.21. The first kappa shape index (κ1) is 20.5. The number of nitrogens with zero attached hydrogens (tertiary/aromatic N) is 1. The van der Waals surface area contributed by atoms with Crippen LogP contribution < -0.4 is 20.3 Å². The zero-order valence-corrected chi connectivity index (χ0v) is 17.4. The first-order chi connectivity index (χ1) is 14.9. The monoisotopic (exact) mass is 422 g/mol. The number of hydrogen-bond donors (Lipinski definition) is 1. The summed E-state index contributed by atoms with van der Waals surface area (Å²) in [6.45, 7) is 3.74. The molecule has 160 valence electrons. The number of benzene rings is 2. The molecule has 0 bridgehead atoms. The average molecular weight is 422 g/mol. The zero-order valence-electron chi connectivity index (χ0n) is 17.4. The lowest BCUT2D eigenvalue weighted by Gasteiger charge is -2.20. The van der Waals surface area contributed by atoms with Gasteiger partial charge in [0, 0.05) is 23.0 Å². The van der Waals surface area contributed by atoms with Crippen LogP contribution in [0, 0.1) is 5.92 Å². The average Bonchev–Trinajstić information content (AvgIpc) is 3.25. The fourth-order valence-electron chi connectivity index (χ4n) is 3.54. The second-order valence-electron chi connectivity index (χ2n) is 7.52. The SMILES string of the molecule is COC(=O)C(NC(=O)c1cn(-c2ccc3c(c2)OCO3)c(=O)c2ccccc12)C(C)C. The normalized spacial score (nSPS) is 13.3. The van der Waals surface area contributed by atoms with Gasteiger partial charge in [-0.15, -0.1) is 0 Å². The highest BCUT2D eigenvalue weighted by molar-refractivity contribution is 6.07. The molecule has 0 aliphatic carbocycles. The standard InChI is InChI=1S/C23H22N2O6/c1-13(2)20(23(28)29-3)24-21(26)17-11-25(22(27)16-7-5-4-6-15(16)17)14-8-9-18-19(10-14)31-12-30-18/h4-11,13,20H,12H2,1-3H3,(H,24,26). The topological polar surface area (TPSA) is 95.9 Å². The van der Waals surface area contributed by atoms with Crippen molar-refractivity contribution in [2.75, 3.05) is 13.9 Å². The molecular weight excluding hydrogens is 400 g/mol. The van der Waals surface area contributed by atoms with Crippen LogP contribution in [0.1, 0.15) is 24.2 Å². The number of amides is 1. The summed E-state index contributed by atoms with van der Waals surface area (Å²) in [5.74, 6) is -0.0727. The van der Waals surface area contributed by atoms with Crippen LogP contribution in [-0.4, -0.2) is 36.4 Å². The Bertz CT molecular complexity index is 1230. The third-order valence-corrected chi connectivity index (χ3v) is 5.21. The van der Waals surface area contributed by atoms with Gasteiger partial charge in [-0.1, -0.05) is 32.0 Å². The lowest BCUT2D eigenvalue weighted by molar-refractivity contribution is -0.144. The van der Waals surface area contributed by atoms with Gasteiger partial charge in [-0.25, -0.2) is 4.79 Å². The number of ether oxygens (including phenoxy) is 3. The van der Waals surface area contributed by atoms with Crippen molar-refractivity contribution < 1.29 is 23.8 Å². The number of hydrogen-bond acceptors (Lipinski definition) is 6. The molecular formula is C23H22N2O6. The van der Waals surface area contributed by atoms with Crippen LogP contribution >= 0.6 is 0 Å². The number of carbonyl (C=O) groups is 2. The van der Waals surface area contributed by atoms with Crippen molar-refractivity contribution in [3.05, 3.63) is 64.6 Å². The molecule has 8 nitrogen and oxygen atoms in total. The Morgan fingerprint density at radius 2 is 1.77 bits per heavy atom. The van der Waals surface area contributed by atoms with E-state index < -0.39 is 17.9 Å². The zero-order chi connectivity index (χ0) is 22.1. The predicted octanol–water partition coefficient (Wildman–Crippen LogP) is 2.65. The summed E-state index contributed by atoms with van der Waals surface area (Å²) in [6.07, 6.45) is 1.48. The molecule has 0 saturated heterocycles. The minimum absolute atomic E-state index is 0.114. The van der Waals surface area contributed by atoms with Crippen LogP contribution in [0.3, 0.4) is 0 Å². The highest BCUT2D eigenvalue weighted by Gasteiger charge is 2.27. The molecule has 2 aromatic carbocycles. The third kappa shape index (κ3) is 3.72. The van der Waals surface area contributed by atoms with Crippen molar-refractivity contribution in [1.29, 1.82) is 0 Å². The Labute approximate surface area is 178 Å². The fraction of sp³-hybridized carbons (Fsp3) is 0.261. The van der Waals surface area contributed by atoms with Crippen molar-refractivity contribution >= 4 is 22.6 Å². The largest absolute Gasteiger partial charge is 0.467 e. The Kier molecular flexibility index (Phi) is 5.37. The van der Waals surface area contributed by atoms with Gasteiger partial charge in [-0.3, -0.25) is 14.2 Å². The van der Waals surface area contributed by atoms with Crippen molar-refractivity contribution in [3.63, 3.8) is 0 Å². The van der Waals surface area contributed by atoms with Gasteiger partial charge in [-0.05, 0) is 24.1 Å². The van der Waals surface area contributed by atoms with Gasteiger partial charge in [0.15, 0.2) is 11.5 Å². The van der Waals surface area contributed by atoms with Gasteiger partial charge in [0.2, 0.25) is 6.79 Å². The Balaban J connectivity index is 1.84. The van der Waals surface area contributed by atoms with Crippen molar-refractivity contribution in [3.8, 4) is 17.2 Å². The molecule has 3 aromatic rings. The maximum Gasteiger partial charge on any atom is 0.328 e. The lowest BCUT2D eigenvalue weighted by atomic mass is 10.0. The van der Waals surface area contributed by atoms with Gasteiger partial charge >= 0.3 is 5.97 Å². The first-order valence-electron chi connectivity index (χ1n) is 9.84. The molecule has 0 spiro atoms. The van der Waals surface area contributed by atoms with Crippen LogP contribution in [-0.2, 0) is 9.53 Å². The van der Waals surface area contributed by atoms with E-state index in [9.17, 15) is 14.4 Å². The summed E-state index contributed by atoms with van der Waals surface area (Å²) in [7, 11) is 1.28. The second-order valence-corrected chi connectivity index (χ2v) is 7.52. The van der Waals surface area contributed by atoms with E-state index in [0.29, 0.717) is 28.0 Å².